The molecule has 4 nitrogen and oxygen atoms in total. The zero-order chi connectivity index (χ0) is 31.0. The first-order valence-corrected chi connectivity index (χ1v) is 14.5. The highest BCUT2D eigenvalue weighted by Crippen LogP contribution is 2.42. The van der Waals surface area contributed by atoms with Crippen LogP contribution in [0.1, 0.15) is 86.1 Å². The average molecular weight is 561 g/mol. The van der Waals surface area contributed by atoms with E-state index in [1.807, 2.05) is 62.4 Å². The predicted molar refractivity (Wildman–Crippen MR) is 179 cm³/mol. The van der Waals surface area contributed by atoms with Crippen LogP contribution in [0.4, 0.5) is 11.4 Å². The molecule has 4 aromatic carbocycles. The number of rotatable bonds is 5. The van der Waals surface area contributed by atoms with Crippen molar-refractivity contribution in [2.45, 2.75) is 80.1 Å². The van der Waals surface area contributed by atoms with Crippen LogP contribution >= 0.6 is 0 Å². The van der Waals surface area contributed by atoms with Crippen LogP contribution in [0.5, 0.6) is 11.5 Å². The van der Waals surface area contributed by atoms with E-state index in [0.717, 1.165) is 67.0 Å². The van der Waals surface area contributed by atoms with Crippen LogP contribution in [0.25, 0.3) is 11.1 Å². The van der Waals surface area contributed by atoms with Gasteiger partial charge >= 0.3 is 0 Å². The number of nitrogens with zero attached hydrogens (tertiary/aromatic N) is 2. The van der Waals surface area contributed by atoms with Gasteiger partial charge in [0.25, 0.3) is 0 Å². The first kappa shape index (κ1) is 30.8. The smallest absolute Gasteiger partial charge is 0.128 e. The van der Waals surface area contributed by atoms with E-state index >= 15 is 0 Å². The summed E-state index contributed by atoms with van der Waals surface area (Å²) in [6, 6.07) is 20.2. The maximum atomic E-state index is 11.2. The molecule has 0 heterocycles. The van der Waals surface area contributed by atoms with Crippen molar-refractivity contribution in [3.05, 3.63) is 105 Å². The molecule has 0 amide bonds. The monoisotopic (exact) mass is 560 g/mol. The van der Waals surface area contributed by atoms with Crippen LogP contribution in [0.2, 0.25) is 0 Å². The van der Waals surface area contributed by atoms with Crippen LogP contribution < -0.4 is 0 Å². The fourth-order valence-electron chi connectivity index (χ4n) is 5.39. The van der Waals surface area contributed by atoms with E-state index in [1.54, 1.807) is 12.4 Å². The van der Waals surface area contributed by atoms with Gasteiger partial charge < -0.3 is 10.2 Å². The summed E-state index contributed by atoms with van der Waals surface area (Å²) in [6.45, 7) is 20.7. The van der Waals surface area contributed by atoms with E-state index in [2.05, 4.69) is 67.5 Å². The second-order valence-corrected chi connectivity index (χ2v) is 13.3. The minimum Gasteiger partial charge on any atom is -0.507 e. The molecular weight excluding hydrogens is 516 g/mol. The van der Waals surface area contributed by atoms with Gasteiger partial charge in [-0.15, -0.1) is 0 Å². The van der Waals surface area contributed by atoms with Crippen LogP contribution in [-0.2, 0) is 10.8 Å². The summed E-state index contributed by atoms with van der Waals surface area (Å²) < 4.78 is 0. The molecule has 0 unspecified atom stereocenters. The maximum Gasteiger partial charge on any atom is 0.128 e. The fourth-order valence-corrected chi connectivity index (χ4v) is 5.39. The van der Waals surface area contributed by atoms with Gasteiger partial charge in [-0.25, -0.2) is 0 Å². The Morgan fingerprint density at radius 2 is 0.857 bits per heavy atom. The van der Waals surface area contributed by atoms with Crippen LogP contribution in [0.3, 0.4) is 0 Å². The zero-order valence-corrected chi connectivity index (χ0v) is 26.7. The van der Waals surface area contributed by atoms with Gasteiger partial charge in [-0.05, 0) is 84.0 Å². The Bertz CT molecular complexity index is 1570. The molecule has 0 aliphatic rings. The molecule has 4 heteroatoms. The minimum atomic E-state index is -0.192. The van der Waals surface area contributed by atoms with E-state index in [-0.39, 0.29) is 22.3 Å². The Kier molecular flexibility index (Phi) is 8.50. The van der Waals surface area contributed by atoms with Crippen LogP contribution in [0, 0.1) is 27.7 Å². The van der Waals surface area contributed by atoms with Gasteiger partial charge in [0.05, 0.1) is 11.4 Å². The van der Waals surface area contributed by atoms with Gasteiger partial charge in [-0.1, -0.05) is 90.1 Å². The molecule has 0 aliphatic carbocycles. The molecule has 4 rings (SSSR count). The minimum absolute atomic E-state index is 0.192. The molecular formula is C38H44N2O2. The third kappa shape index (κ3) is 6.18. The lowest BCUT2D eigenvalue weighted by molar-refractivity contribution is 0.444. The number of aromatic hydroxyl groups is 2. The molecule has 42 heavy (non-hydrogen) atoms. The SMILES string of the molecule is Cc1ccc(C(C)(C)C)c(O)c1C=Nc1cccc(C)c1-c1c(C)cccc1N=Cc1c(C)ccc(C(C)(C)C)c1O. The molecule has 218 valence electrons. The second kappa shape index (κ2) is 11.6. The predicted octanol–water partition coefficient (Wildman–Crippen LogP) is 10.1. The first-order valence-electron chi connectivity index (χ1n) is 14.5. The summed E-state index contributed by atoms with van der Waals surface area (Å²) in [5.74, 6) is 0.545. The van der Waals surface area contributed by atoms with Gasteiger partial charge in [0, 0.05) is 34.7 Å². The van der Waals surface area contributed by atoms with Gasteiger partial charge in [-0.3, -0.25) is 9.98 Å². The molecule has 0 saturated heterocycles. The van der Waals surface area contributed by atoms with Crippen molar-refractivity contribution in [1.82, 2.24) is 0 Å². The molecule has 0 bridgehead atoms. The zero-order valence-electron chi connectivity index (χ0n) is 26.7. The standard InChI is InChI=1S/C38H44N2O2/c1-23-17-19-29(37(5,6)7)35(41)27(23)21-39-31-15-11-13-25(3)33(31)34-26(4)14-12-16-32(34)40-22-28-24(2)18-20-30(36(28)42)38(8,9)10/h11-22,41-42H,1-10H3. The number of phenols is 2. The summed E-state index contributed by atoms with van der Waals surface area (Å²) in [5.41, 5.74) is 10.5. The topological polar surface area (TPSA) is 65.2 Å². The Morgan fingerprint density at radius 3 is 1.19 bits per heavy atom. The van der Waals surface area contributed by atoms with Crippen molar-refractivity contribution >= 4 is 23.8 Å². The lowest BCUT2D eigenvalue weighted by atomic mass is 9.84. The average Bonchev–Trinajstić information content (AvgIpc) is 2.87. The molecule has 4 aromatic rings. The van der Waals surface area contributed by atoms with Crippen molar-refractivity contribution < 1.29 is 10.2 Å². The lowest BCUT2D eigenvalue weighted by Gasteiger charge is -2.22. The maximum absolute atomic E-state index is 11.2. The fraction of sp³-hybridized carbons (Fsp3) is 0.316. The summed E-state index contributed by atoms with van der Waals surface area (Å²) in [4.78, 5) is 9.90. The van der Waals surface area contributed by atoms with Crippen LogP contribution in [0.15, 0.2) is 70.6 Å². The van der Waals surface area contributed by atoms with Crippen molar-refractivity contribution in [1.29, 1.82) is 0 Å². The number of hydrogen-bond donors (Lipinski definition) is 2. The highest BCUT2D eigenvalue weighted by atomic mass is 16.3. The lowest BCUT2D eigenvalue weighted by Crippen LogP contribution is -2.12. The third-order valence-corrected chi connectivity index (χ3v) is 7.90. The van der Waals surface area contributed by atoms with Crippen molar-refractivity contribution in [2.24, 2.45) is 9.98 Å². The van der Waals surface area contributed by atoms with E-state index in [0.29, 0.717) is 0 Å². The first-order chi connectivity index (χ1) is 19.6. The van der Waals surface area contributed by atoms with Crippen molar-refractivity contribution in [3.8, 4) is 22.6 Å². The molecule has 0 aromatic heterocycles. The summed E-state index contributed by atoms with van der Waals surface area (Å²) in [7, 11) is 0. The molecule has 0 spiro atoms. The van der Waals surface area contributed by atoms with Gasteiger partial charge in [-0.2, -0.15) is 0 Å². The normalized spacial score (nSPS) is 12.5. The highest BCUT2D eigenvalue weighted by molar-refractivity contribution is 5.95. The third-order valence-electron chi connectivity index (χ3n) is 7.90. The van der Waals surface area contributed by atoms with Crippen molar-refractivity contribution in [2.75, 3.05) is 0 Å². The van der Waals surface area contributed by atoms with E-state index in [9.17, 15) is 10.2 Å². The van der Waals surface area contributed by atoms with Crippen LogP contribution in [-0.4, -0.2) is 22.6 Å². The second-order valence-electron chi connectivity index (χ2n) is 13.3. The molecule has 0 saturated carbocycles. The van der Waals surface area contributed by atoms with Gasteiger partial charge in [0.2, 0.25) is 0 Å². The Balaban J connectivity index is 1.86. The van der Waals surface area contributed by atoms with E-state index in [1.165, 1.54) is 0 Å². The molecule has 0 atom stereocenters. The van der Waals surface area contributed by atoms with Crippen molar-refractivity contribution in [3.63, 3.8) is 0 Å². The molecule has 0 fully saturated rings. The molecule has 2 N–H and O–H groups in total. The summed E-state index contributed by atoms with van der Waals surface area (Å²) in [6.07, 6.45) is 3.55. The number of phenolic OH excluding ortho intramolecular Hbond substituents is 2. The number of aliphatic imine (C=N–C) groups is 2. The number of benzene rings is 4. The van der Waals surface area contributed by atoms with E-state index < -0.39 is 0 Å². The Morgan fingerprint density at radius 1 is 0.500 bits per heavy atom. The Hall–Kier alpha value is -4.18. The number of aryl methyl sites for hydroxylation is 4. The quantitative estimate of drug-likeness (QED) is 0.239. The van der Waals surface area contributed by atoms with Gasteiger partial charge in [0.15, 0.2) is 0 Å². The van der Waals surface area contributed by atoms with Gasteiger partial charge in [0.1, 0.15) is 11.5 Å². The summed E-state index contributed by atoms with van der Waals surface area (Å²) in [5, 5.41) is 22.3. The Labute approximate surface area is 251 Å². The highest BCUT2D eigenvalue weighted by Gasteiger charge is 2.22. The number of hydrogen-bond acceptors (Lipinski definition) is 4. The largest absolute Gasteiger partial charge is 0.507 e. The summed E-state index contributed by atoms with van der Waals surface area (Å²) >= 11 is 0. The molecule has 0 aliphatic heterocycles. The van der Waals surface area contributed by atoms with E-state index in [4.69, 9.17) is 9.98 Å². The molecule has 0 radical (unpaired) electrons.